The van der Waals surface area contributed by atoms with Gasteiger partial charge in [-0.2, -0.15) is 0 Å². The second-order valence-corrected chi connectivity index (χ2v) is 6.09. The largest absolute Gasteiger partial charge is 0.493 e. The molecule has 106 valence electrons. The number of carbonyl (C=O) groups excluding carboxylic acids is 1. The maximum Gasteiger partial charge on any atom is 0.220 e. The molecular weight excluding hydrogens is 340 g/mol. The highest BCUT2D eigenvalue weighted by atomic mass is 79.9. The lowest BCUT2D eigenvalue weighted by molar-refractivity contribution is -0.118. The molecule has 1 aromatic heterocycles. The molecule has 0 aliphatic rings. The third-order valence-electron chi connectivity index (χ3n) is 2.56. The lowest BCUT2D eigenvalue weighted by atomic mass is 10.3. The second kappa shape index (κ2) is 7.31. The molecule has 0 unspecified atom stereocenters. The average molecular weight is 355 g/mol. The van der Waals surface area contributed by atoms with Crippen LogP contribution < -0.4 is 15.8 Å². The van der Waals surface area contributed by atoms with Crippen LogP contribution in [0, 0.1) is 0 Å². The van der Waals surface area contributed by atoms with E-state index in [1.54, 1.807) is 11.3 Å². The first-order chi connectivity index (χ1) is 9.63. The van der Waals surface area contributed by atoms with Crippen molar-refractivity contribution >= 4 is 38.9 Å². The number of nitrogens with two attached hydrogens (primary N) is 1. The summed E-state index contributed by atoms with van der Waals surface area (Å²) in [5, 5.41) is 5.40. The van der Waals surface area contributed by atoms with Gasteiger partial charge < -0.3 is 15.8 Å². The fraction of sp³-hybridized carbons (Fsp3) is 0.214. The summed E-state index contributed by atoms with van der Waals surface area (Å²) in [5.74, 6) is 0.376. The number of thiophene rings is 1. The van der Waals surface area contributed by atoms with E-state index < -0.39 is 0 Å². The fourth-order valence-corrected chi connectivity index (χ4v) is 2.96. The first-order valence-corrected chi connectivity index (χ1v) is 7.79. The molecule has 1 heterocycles. The van der Waals surface area contributed by atoms with Crippen molar-refractivity contribution < 1.29 is 9.53 Å². The number of nitrogens with one attached hydrogen (secondary N) is 1. The number of hydrogen-bond acceptors (Lipinski definition) is 4. The molecular formula is C14H15BrN2O2S. The predicted octanol–water partition coefficient (Wildman–Crippen LogP) is 3.38. The van der Waals surface area contributed by atoms with Crippen LogP contribution in [0.4, 0.5) is 5.69 Å². The molecule has 0 aliphatic heterocycles. The van der Waals surface area contributed by atoms with Crippen LogP contribution >= 0.6 is 27.3 Å². The monoisotopic (exact) mass is 354 g/mol. The van der Waals surface area contributed by atoms with Crippen LogP contribution in [-0.4, -0.2) is 12.5 Å². The number of ether oxygens (including phenoxy) is 1. The van der Waals surface area contributed by atoms with Gasteiger partial charge in [-0.3, -0.25) is 4.79 Å². The molecule has 3 N–H and O–H groups in total. The van der Waals surface area contributed by atoms with E-state index in [2.05, 4.69) is 32.7 Å². The Kier molecular flexibility index (Phi) is 5.43. The minimum Gasteiger partial charge on any atom is -0.493 e. The summed E-state index contributed by atoms with van der Waals surface area (Å²) in [6.07, 6.45) is 0.229. The molecule has 0 saturated heterocycles. The Bertz CT molecular complexity index is 569. The SMILES string of the molecule is NC(=O)CCOc1ccc(NCc2cc(Br)cs2)cc1. The van der Waals surface area contributed by atoms with Crippen molar-refractivity contribution in [2.75, 3.05) is 11.9 Å². The molecule has 20 heavy (non-hydrogen) atoms. The molecule has 0 atom stereocenters. The van der Waals surface area contributed by atoms with E-state index >= 15 is 0 Å². The van der Waals surface area contributed by atoms with Crippen LogP contribution in [0.5, 0.6) is 5.75 Å². The third kappa shape index (κ3) is 4.86. The van der Waals surface area contributed by atoms with Crippen LogP contribution in [0.25, 0.3) is 0 Å². The Balaban J connectivity index is 1.80. The number of hydrogen-bond donors (Lipinski definition) is 2. The molecule has 2 aromatic rings. The van der Waals surface area contributed by atoms with E-state index in [1.807, 2.05) is 24.3 Å². The van der Waals surface area contributed by atoms with Crippen LogP contribution in [0.15, 0.2) is 40.2 Å². The lowest BCUT2D eigenvalue weighted by Gasteiger charge is -2.07. The third-order valence-corrected chi connectivity index (χ3v) is 4.26. The summed E-state index contributed by atoms with van der Waals surface area (Å²) < 4.78 is 6.51. The van der Waals surface area contributed by atoms with Gasteiger partial charge in [0.15, 0.2) is 0 Å². The van der Waals surface area contributed by atoms with Crippen LogP contribution in [0.1, 0.15) is 11.3 Å². The van der Waals surface area contributed by atoms with Gasteiger partial charge in [0.1, 0.15) is 5.75 Å². The predicted molar refractivity (Wildman–Crippen MR) is 85.1 cm³/mol. The van der Waals surface area contributed by atoms with E-state index in [9.17, 15) is 4.79 Å². The summed E-state index contributed by atoms with van der Waals surface area (Å²) in [6.45, 7) is 1.10. The molecule has 0 bridgehead atoms. The van der Waals surface area contributed by atoms with Crippen molar-refractivity contribution in [2.24, 2.45) is 5.73 Å². The Labute approximate surface area is 130 Å². The van der Waals surface area contributed by atoms with E-state index in [1.165, 1.54) is 4.88 Å². The van der Waals surface area contributed by atoms with Crippen LogP contribution in [-0.2, 0) is 11.3 Å². The van der Waals surface area contributed by atoms with Gasteiger partial charge in [-0.1, -0.05) is 0 Å². The van der Waals surface area contributed by atoms with E-state index in [0.29, 0.717) is 6.61 Å². The molecule has 6 heteroatoms. The smallest absolute Gasteiger partial charge is 0.220 e. The van der Waals surface area contributed by atoms with Crippen molar-refractivity contribution in [2.45, 2.75) is 13.0 Å². The van der Waals surface area contributed by atoms with E-state index in [0.717, 1.165) is 22.5 Å². The van der Waals surface area contributed by atoms with Gasteiger partial charge in [-0.05, 0) is 46.3 Å². The molecule has 0 saturated carbocycles. The van der Waals surface area contributed by atoms with Crippen molar-refractivity contribution in [3.63, 3.8) is 0 Å². The molecule has 0 spiro atoms. The first-order valence-electron chi connectivity index (χ1n) is 6.11. The minimum absolute atomic E-state index is 0.229. The van der Waals surface area contributed by atoms with Crippen molar-refractivity contribution in [3.8, 4) is 5.75 Å². The molecule has 1 aromatic carbocycles. The molecule has 1 amide bonds. The lowest BCUT2D eigenvalue weighted by Crippen LogP contribution is -2.14. The molecule has 0 radical (unpaired) electrons. The summed E-state index contributed by atoms with van der Waals surface area (Å²) in [5.41, 5.74) is 6.07. The van der Waals surface area contributed by atoms with Gasteiger partial charge >= 0.3 is 0 Å². The zero-order valence-corrected chi connectivity index (χ0v) is 13.2. The molecule has 0 fully saturated rings. The Morgan fingerprint density at radius 3 is 2.70 bits per heavy atom. The summed E-state index contributed by atoms with van der Waals surface area (Å²) in [6, 6.07) is 9.73. The molecule has 2 rings (SSSR count). The van der Waals surface area contributed by atoms with Gasteiger partial charge in [0, 0.05) is 27.0 Å². The van der Waals surface area contributed by atoms with Gasteiger partial charge in [-0.25, -0.2) is 0 Å². The standard InChI is InChI=1S/C14H15BrN2O2S/c15-10-7-13(20-9-10)8-17-11-1-3-12(4-2-11)19-6-5-14(16)18/h1-4,7,9,17H,5-6,8H2,(H2,16,18). The Hall–Kier alpha value is -1.53. The Morgan fingerprint density at radius 1 is 1.35 bits per heavy atom. The number of rotatable bonds is 7. The van der Waals surface area contributed by atoms with Crippen LogP contribution in [0.2, 0.25) is 0 Å². The van der Waals surface area contributed by atoms with Gasteiger partial charge in [0.05, 0.1) is 13.0 Å². The van der Waals surface area contributed by atoms with Crippen molar-refractivity contribution in [1.82, 2.24) is 0 Å². The number of amides is 1. The summed E-state index contributed by atoms with van der Waals surface area (Å²) in [4.78, 5) is 11.9. The van der Waals surface area contributed by atoms with Crippen molar-refractivity contribution in [3.05, 3.63) is 45.1 Å². The number of carbonyl (C=O) groups is 1. The summed E-state index contributed by atoms with van der Waals surface area (Å²) in [7, 11) is 0. The topological polar surface area (TPSA) is 64.4 Å². The molecule has 0 aliphatic carbocycles. The first kappa shape index (κ1) is 14.9. The second-order valence-electron chi connectivity index (χ2n) is 4.17. The highest BCUT2D eigenvalue weighted by Crippen LogP contribution is 2.21. The highest BCUT2D eigenvalue weighted by molar-refractivity contribution is 9.10. The highest BCUT2D eigenvalue weighted by Gasteiger charge is 2.00. The quantitative estimate of drug-likeness (QED) is 0.800. The van der Waals surface area contributed by atoms with E-state index in [4.69, 9.17) is 10.5 Å². The van der Waals surface area contributed by atoms with Gasteiger partial charge in [0.25, 0.3) is 0 Å². The maximum absolute atomic E-state index is 10.6. The number of anilines is 1. The number of benzene rings is 1. The van der Waals surface area contributed by atoms with Gasteiger partial charge in [-0.15, -0.1) is 11.3 Å². The van der Waals surface area contributed by atoms with E-state index in [-0.39, 0.29) is 12.3 Å². The number of halogens is 1. The summed E-state index contributed by atoms with van der Waals surface area (Å²) >= 11 is 5.14. The minimum atomic E-state index is -0.356. The Morgan fingerprint density at radius 2 is 2.10 bits per heavy atom. The van der Waals surface area contributed by atoms with Crippen LogP contribution in [0.3, 0.4) is 0 Å². The fourth-order valence-electron chi connectivity index (χ4n) is 1.57. The zero-order valence-electron chi connectivity index (χ0n) is 10.8. The van der Waals surface area contributed by atoms with Crippen molar-refractivity contribution in [1.29, 1.82) is 0 Å². The maximum atomic E-state index is 10.6. The number of primary amides is 1. The average Bonchev–Trinajstić information content (AvgIpc) is 2.83. The van der Waals surface area contributed by atoms with Gasteiger partial charge in [0.2, 0.25) is 5.91 Å². The molecule has 4 nitrogen and oxygen atoms in total. The zero-order chi connectivity index (χ0) is 14.4. The normalized spacial score (nSPS) is 10.2.